The number of hydrogen-bond acceptors (Lipinski definition) is 5. The molecule has 2 heterocycles. The number of aryl methyl sites for hydroxylation is 1. The van der Waals surface area contributed by atoms with Crippen molar-refractivity contribution >= 4 is 27.4 Å². The van der Waals surface area contributed by atoms with E-state index in [0.717, 1.165) is 27.6 Å². The molecule has 0 amide bonds. The third-order valence-electron chi connectivity index (χ3n) is 2.62. The number of hydrogen-bond donors (Lipinski definition) is 1. The molecule has 1 aliphatic heterocycles. The fourth-order valence-electron chi connectivity index (χ4n) is 1.86. The van der Waals surface area contributed by atoms with E-state index in [-0.39, 0.29) is 0 Å². The fraction of sp³-hybridized carbons (Fsp3) is 0.231. The van der Waals surface area contributed by atoms with Gasteiger partial charge in [-0.25, -0.2) is 9.97 Å². The molecular weight excluding hydrogens is 310 g/mol. The van der Waals surface area contributed by atoms with Crippen LogP contribution in [0.1, 0.15) is 5.82 Å². The summed E-state index contributed by atoms with van der Waals surface area (Å²) in [6.45, 7) is 3.02. The maximum absolute atomic E-state index is 5.54. The summed E-state index contributed by atoms with van der Waals surface area (Å²) in [5.74, 6) is 2.96. The second kappa shape index (κ2) is 5.05. The zero-order chi connectivity index (χ0) is 13.2. The second-order valence-corrected chi connectivity index (χ2v) is 4.92. The normalized spacial score (nSPS) is 13.2. The summed E-state index contributed by atoms with van der Waals surface area (Å²) in [7, 11) is 0. The van der Waals surface area contributed by atoms with Crippen molar-refractivity contribution in [1.29, 1.82) is 0 Å². The first kappa shape index (κ1) is 12.2. The molecule has 0 saturated carbocycles. The van der Waals surface area contributed by atoms with Crippen molar-refractivity contribution in [3.63, 3.8) is 0 Å². The smallest absolute Gasteiger partial charge is 0.163 e. The molecule has 1 N–H and O–H groups in total. The number of ether oxygens (including phenoxy) is 2. The number of halogens is 1. The molecule has 98 valence electrons. The Morgan fingerprint density at radius 3 is 2.68 bits per heavy atom. The summed E-state index contributed by atoms with van der Waals surface area (Å²) in [5.41, 5.74) is 0.897. The first-order chi connectivity index (χ1) is 9.20. The lowest BCUT2D eigenvalue weighted by atomic mass is 10.2. The zero-order valence-corrected chi connectivity index (χ0v) is 11.9. The van der Waals surface area contributed by atoms with E-state index in [1.807, 2.05) is 31.2 Å². The molecule has 0 bridgehead atoms. The summed E-state index contributed by atoms with van der Waals surface area (Å²) in [5, 5.41) is 3.22. The lowest BCUT2D eigenvalue weighted by Crippen LogP contribution is -2.15. The Bertz CT molecular complexity index is 599. The van der Waals surface area contributed by atoms with Gasteiger partial charge in [0.15, 0.2) is 11.5 Å². The standard InChI is InChI=1S/C13H12BrN3O2/c1-8-15-12(14)7-13(16-8)17-9-2-3-10-11(6-9)19-5-4-18-10/h2-3,6-7H,4-5H2,1H3,(H,15,16,17). The van der Waals surface area contributed by atoms with Crippen molar-refractivity contribution in [2.75, 3.05) is 18.5 Å². The molecule has 3 rings (SSSR count). The topological polar surface area (TPSA) is 56.3 Å². The molecule has 6 heteroatoms. The Kier molecular flexibility index (Phi) is 3.25. The van der Waals surface area contributed by atoms with E-state index in [9.17, 15) is 0 Å². The van der Waals surface area contributed by atoms with Gasteiger partial charge >= 0.3 is 0 Å². The Balaban J connectivity index is 1.86. The first-order valence-corrected chi connectivity index (χ1v) is 6.68. The molecule has 0 radical (unpaired) electrons. The number of aromatic nitrogens is 2. The number of fused-ring (bicyclic) bond motifs is 1. The van der Waals surface area contributed by atoms with Crippen molar-refractivity contribution in [1.82, 2.24) is 9.97 Å². The lowest BCUT2D eigenvalue weighted by Gasteiger charge is -2.19. The van der Waals surface area contributed by atoms with Crippen LogP contribution in [0, 0.1) is 6.92 Å². The molecule has 1 aromatic carbocycles. The van der Waals surface area contributed by atoms with E-state index in [0.29, 0.717) is 19.0 Å². The molecular formula is C13H12BrN3O2. The van der Waals surface area contributed by atoms with Crippen LogP contribution in [0.25, 0.3) is 0 Å². The van der Waals surface area contributed by atoms with Crippen LogP contribution in [0.4, 0.5) is 11.5 Å². The third kappa shape index (κ3) is 2.78. The largest absolute Gasteiger partial charge is 0.486 e. The van der Waals surface area contributed by atoms with Crippen molar-refractivity contribution in [2.24, 2.45) is 0 Å². The molecule has 0 atom stereocenters. The van der Waals surface area contributed by atoms with Gasteiger partial charge in [0, 0.05) is 17.8 Å². The highest BCUT2D eigenvalue weighted by Gasteiger charge is 2.12. The van der Waals surface area contributed by atoms with Crippen molar-refractivity contribution < 1.29 is 9.47 Å². The molecule has 1 aliphatic rings. The number of anilines is 2. The zero-order valence-electron chi connectivity index (χ0n) is 10.3. The van der Waals surface area contributed by atoms with Gasteiger partial charge in [-0.15, -0.1) is 0 Å². The van der Waals surface area contributed by atoms with Crippen LogP contribution >= 0.6 is 15.9 Å². The predicted molar refractivity (Wildman–Crippen MR) is 75.2 cm³/mol. The van der Waals surface area contributed by atoms with Gasteiger partial charge in [-0.3, -0.25) is 0 Å². The van der Waals surface area contributed by atoms with Gasteiger partial charge in [-0.05, 0) is 35.0 Å². The molecule has 0 spiro atoms. The van der Waals surface area contributed by atoms with Gasteiger partial charge < -0.3 is 14.8 Å². The monoisotopic (exact) mass is 321 g/mol. The average molecular weight is 322 g/mol. The Labute approximate surface area is 119 Å². The summed E-state index contributed by atoms with van der Waals surface area (Å²) in [4.78, 5) is 8.48. The van der Waals surface area contributed by atoms with Gasteiger partial charge in [-0.2, -0.15) is 0 Å². The fourth-order valence-corrected chi connectivity index (χ4v) is 2.34. The number of benzene rings is 1. The molecule has 0 unspecified atom stereocenters. The number of nitrogens with one attached hydrogen (secondary N) is 1. The van der Waals surface area contributed by atoms with E-state index >= 15 is 0 Å². The van der Waals surface area contributed by atoms with E-state index in [2.05, 4.69) is 31.2 Å². The molecule has 5 nitrogen and oxygen atoms in total. The molecule has 19 heavy (non-hydrogen) atoms. The summed E-state index contributed by atoms with van der Waals surface area (Å²) >= 11 is 3.35. The number of nitrogens with zero attached hydrogens (tertiary/aromatic N) is 2. The minimum atomic E-state index is 0.578. The Morgan fingerprint density at radius 2 is 1.89 bits per heavy atom. The Hall–Kier alpha value is -1.82. The van der Waals surface area contributed by atoms with Crippen molar-refractivity contribution in [2.45, 2.75) is 6.92 Å². The molecule has 2 aromatic rings. The van der Waals surface area contributed by atoms with E-state index in [1.165, 1.54) is 0 Å². The minimum Gasteiger partial charge on any atom is -0.486 e. The average Bonchev–Trinajstić information content (AvgIpc) is 2.37. The quantitative estimate of drug-likeness (QED) is 0.861. The van der Waals surface area contributed by atoms with Gasteiger partial charge in [0.1, 0.15) is 29.5 Å². The Morgan fingerprint density at radius 1 is 1.11 bits per heavy atom. The highest BCUT2D eigenvalue weighted by atomic mass is 79.9. The summed E-state index contributed by atoms with van der Waals surface area (Å²) < 4.78 is 11.8. The highest BCUT2D eigenvalue weighted by Crippen LogP contribution is 2.33. The number of rotatable bonds is 2. The van der Waals surface area contributed by atoms with Gasteiger partial charge in [0.25, 0.3) is 0 Å². The van der Waals surface area contributed by atoms with Crippen LogP contribution in [0.5, 0.6) is 11.5 Å². The van der Waals surface area contributed by atoms with E-state index in [1.54, 1.807) is 0 Å². The minimum absolute atomic E-state index is 0.578. The predicted octanol–water partition coefficient (Wildman–Crippen LogP) is 3.06. The maximum atomic E-state index is 5.54. The van der Waals surface area contributed by atoms with Crippen LogP contribution in [0.3, 0.4) is 0 Å². The first-order valence-electron chi connectivity index (χ1n) is 5.88. The van der Waals surface area contributed by atoms with Crippen LogP contribution < -0.4 is 14.8 Å². The molecule has 0 fully saturated rings. The second-order valence-electron chi connectivity index (χ2n) is 4.11. The van der Waals surface area contributed by atoms with E-state index in [4.69, 9.17) is 9.47 Å². The van der Waals surface area contributed by atoms with Crippen molar-refractivity contribution in [3.05, 3.63) is 34.7 Å². The molecule has 0 saturated heterocycles. The van der Waals surface area contributed by atoms with E-state index < -0.39 is 0 Å². The SMILES string of the molecule is Cc1nc(Br)cc(Nc2ccc3c(c2)OCCO3)n1. The third-order valence-corrected chi connectivity index (χ3v) is 3.03. The van der Waals surface area contributed by atoms with Crippen LogP contribution in [-0.2, 0) is 0 Å². The van der Waals surface area contributed by atoms with Gasteiger partial charge in [0.2, 0.25) is 0 Å². The molecule has 0 aliphatic carbocycles. The van der Waals surface area contributed by atoms with Crippen LogP contribution in [-0.4, -0.2) is 23.2 Å². The van der Waals surface area contributed by atoms with Crippen LogP contribution in [0.15, 0.2) is 28.9 Å². The maximum Gasteiger partial charge on any atom is 0.163 e. The highest BCUT2D eigenvalue weighted by molar-refractivity contribution is 9.10. The van der Waals surface area contributed by atoms with Gasteiger partial charge in [0.05, 0.1) is 0 Å². The molecule has 1 aromatic heterocycles. The van der Waals surface area contributed by atoms with Crippen LogP contribution in [0.2, 0.25) is 0 Å². The summed E-state index contributed by atoms with van der Waals surface area (Å²) in [6, 6.07) is 7.54. The summed E-state index contributed by atoms with van der Waals surface area (Å²) in [6.07, 6.45) is 0. The lowest BCUT2D eigenvalue weighted by molar-refractivity contribution is 0.171. The van der Waals surface area contributed by atoms with Crippen molar-refractivity contribution in [3.8, 4) is 11.5 Å². The van der Waals surface area contributed by atoms with Gasteiger partial charge in [-0.1, -0.05) is 0 Å².